The molecule has 1 N–H and O–H groups in total. The van der Waals surface area contributed by atoms with Gasteiger partial charge in [-0.1, -0.05) is 35.3 Å². The summed E-state index contributed by atoms with van der Waals surface area (Å²) in [6.07, 6.45) is 0. The lowest BCUT2D eigenvalue weighted by Crippen LogP contribution is -2.30. The number of anilines is 1. The minimum Gasteiger partial charge on any atom is -0.310 e. The summed E-state index contributed by atoms with van der Waals surface area (Å²) in [5.41, 5.74) is 1.79. The highest BCUT2D eigenvalue weighted by atomic mass is 35.5. The number of likely N-dealkylation sites (N-methyl/N-ethyl adjacent to an activating group) is 1. The van der Waals surface area contributed by atoms with Gasteiger partial charge in [-0.05, 0) is 43.8 Å². The topological polar surface area (TPSA) is 45.2 Å². The summed E-state index contributed by atoms with van der Waals surface area (Å²) in [6.45, 7) is 2.68. The van der Waals surface area contributed by atoms with E-state index in [1.807, 2.05) is 37.1 Å². The number of hydrogen-bond donors (Lipinski definition) is 1. The van der Waals surface area contributed by atoms with Gasteiger partial charge in [0.15, 0.2) is 0 Å². The first-order chi connectivity index (χ1) is 10.4. The molecule has 0 atom stereocenters. The van der Waals surface area contributed by atoms with Gasteiger partial charge in [0.2, 0.25) is 5.91 Å². The van der Waals surface area contributed by atoms with E-state index in [9.17, 15) is 4.79 Å². The average molecular weight is 338 g/mol. The van der Waals surface area contributed by atoms with Crippen molar-refractivity contribution in [2.24, 2.45) is 0 Å². The molecular weight excluding hydrogens is 321 g/mol. The number of benzene rings is 1. The van der Waals surface area contributed by atoms with Crippen molar-refractivity contribution in [3.63, 3.8) is 0 Å². The quantitative estimate of drug-likeness (QED) is 0.903. The summed E-state index contributed by atoms with van der Waals surface area (Å²) in [5.74, 6) is 0.439. The van der Waals surface area contributed by atoms with Gasteiger partial charge in [0, 0.05) is 22.3 Å². The maximum Gasteiger partial charge on any atom is 0.239 e. The van der Waals surface area contributed by atoms with Gasteiger partial charge in [0.05, 0.1) is 6.54 Å². The fraction of sp³-hybridized carbons (Fsp3) is 0.250. The molecule has 22 heavy (non-hydrogen) atoms. The monoisotopic (exact) mass is 337 g/mol. The first-order valence-electron chi connectivity index (χ1n) is 6.80. The maximum absolute atomic E-state index is 12.0. The predicted molar refractivity (Wildman–Crippen MR) is 90.4 cm³/mol. The number of carbonyl (C=O) groups excluding carboxylic acids is 1. The van der Waals surface area contributed by atoms with Gasteiger partial charge in [-0.3, -0.25) is 9.69 Å². The van der Waals surface area contributed by atoms with E-state index in [1.165, 1.54) is 0 Å². The molecule has 0 fully saturated rings. The van der Waals surface area contributed by atoms with Crippen LogP contribution >= 0.6 is 23.2 Å². The van der Waals surface area contributed by atoms with Gasteiger partial charge in [-0.15, -0.1) is 0 Å². The largest absolute Gasteiger partial charge is 0.310 e. The number of carbonyl (C=O) groups is 1. The van der Waals surface area contributed by atoms with Crippen LogP contribution in [-0.2, 0) is 11.3 Å². The van der Waals surface area contributed by atoms with Crippen LogP contribution in [0.1, 0.15) is 11.3 Å². The molecule has 116 valence electrons. The maximum atomic E-state index is 12.0. The fourth-order valence-electron chi connectivity index (χ4n) is 2.04. The number of rotatable bonds is 5. The molecule has 2 aromatic rings. The number of amides is 1. The van der Waals surface area contributed by atoms with Crippen LogP contribution in [0.5, 0.6) is 0 Å². The summed E-state index contributed by atoms with van der Waals surface area (Å²) in [7, 11) is 1.86. The lowest BCUT2D eigenvalue weighted by Gasteiger charge is -2.17. The Morgan fingerprint density at radius 2 is 2.05 bits per heavy atom. The fourth-order valence-corrected chi connectivity index (χ4v) is 2.51. The SMILES string of the molecule is Cc1cccc(NC(=O)CN(C)Cc2ccc(Cl)cc2Cl)n1. The summed E-state index contributed by atoms with van der Waals surface area (Å²) in [6, 6.07) is 10.8. The molecule has 0 saturated carbocycles. The molecule has 0 aliphatic carbocycles. The number of hydrogen-bond acceptors (Lipinski definition) is 3. The van der Waals surface area contributed by atoms with Gasteiger partial charge < -0.3 is 5.32 Å². The van der Waals surface area contributed by atoms with E-state index in [1.54, 1.807) is 18.2 Å². The second kappa shape index (κ2) is 7.58. The third-order valence-corrected chi connectivity index (χ3v) is 3.61. The minimum absolute atomic E-state index is 0.120. The van der Waals surface area contributed by atoms with Crippen LogP contribution in [-0.4, -0.2) is 29.4 Å². The molecule has 6 heteroatoms. The molecule has 1 heterocycles. The molecule has 2 rings (SSSR count). The van der Waals surface area contributed by atoms with Crippen molar-refractivity contribution < 1.29 is 4.79 Å². The van der Waals surface area contributed by atoms with Gasteiger partial charge in [0.1, 0.15) is 5.82 Å². The van der Waals surface area contributed by atoms with E-state index < -0.39 is 0 Å². The van der Waals surface area contributed by atoms with Crippen LogP contribution in [0.15, 0.2) is 36.4 Å². The molecule has 0 bridgehead atoms. The Morgan fingerprint density at radius 1 is 1.27 bits per heavy atom. The Hall–Kier alpha value is -1.62. The van der Waals surface area contributed by atoms with Crippen LogP contribution in [0.4, 0.5) is 5.82 Å². The zero-order valence-corrected chi connectivity index (χ0v) is 13.9. The average Bonchev–Trinajstić information content (AvgIpc) is 2.41. The Labute approximate surface area is 140 Å². The van der Waals surface area contributed by atoms with E-state index in [0.717, 1.165) is 11.3 Å². The van der Waals surface area contributed by atoms with Crippen molar-refractivity contribution in [3.8, 4) is 0 Å². The molecule has 1 amide bonds. The van der Waals surface area contributed by atoms with Crippen molar-refractivity contribution in [1.82, 2.24) is 9.88 Å². The van der Waals surface area contributed by atoms with Gasteiger partial charge in [0.25, 0.3) is 0 Å². The minimum atomic E-state index is -0.120. The Morgan fingerprint density at radius 3 is 2.73 bits per heavy atom. The number of nitrogens with zero attached hydrogens (tertiary/aromatic N) is 2. The molecule has 1 aromatic carbocycles. The lowest BCUT2D eigenvalue weighted by atomic mass is 10.2. The van der Waals surface area contributed by atoms with Crippen molar-refractivity contribution >= 4 is 34.9 Å². The molecule has 0 saturated heterocycles. The highest BCUT2D eigenvalue weighted by Gasteiger charge is 2.10. The van der Waals surface area contributed by atoms with Crippen molar-refractivity contribution in [1.29, 1.82) is 0 Å². The Bertz CT molecular complexity index is 676. The van der Waals surface area contributed by atoms with Crippen molar-refractivity contribution in [2.45, 2.75) is 13.5 Å². The number of halogens is 2. The summed E-state index contributed by atoms with van der Waals surface area (Å²) >= 11 is 12.0. The molecule has 0 unspecified atom stereocenters. The molecule has 0 aliphatic heterocycles. The van der Waals surface area contributed by atoms with E-state index in [2.05, 4.69) is 10.3 Å². The standard InChI is InChI=1S/C16H17Cl2N3O/c1-11-4-3-5-15(19-11)20-16(22)10-21(2)9-12-6-7-13(17)8-14(12)18/h3-8H,9-10H2,1-2H3,(H,19,20,22). The normalized spacial score (nSPS) is 10.8. The number of pyridine rings is 1. The second-order valence-corrected chi connectivity index (χ2v) is 5.96. The zero-order chi connectivity index (χ0) is 16.1. The van der Waals surface area contributed by atoms with Crippen LogP contribution in [0.2, 0.25) is 10.0 Å². The third-order valence-electron chi connectivity index (χ3n) is 3.02. The molecule has 0 aliphatic rings. The Balaban J connectivity index is 1.91. The van der Waals surface area contributed by atoms with E-state index in [-0.39, 0.29) is 12.5 Å². The number of nitrogens with one attached hydrogen (secondary N) is 1. The van der Waals surface area contributed by atoms with Crippen molar-refractivity contribution in [2.75, 3.05) is 18.9 Å². The summed E-state index contributed by atoms with van der Waals surface area (Å²) in [4.78, 5) is 18.1. The van der Waals surface area contributed by atoms with E-state index in [0.29, 0.717) is 22.4 Å². The molecular formula is C16H17Cl2N3O. The zero-order valence-electron chi connectivity index (χ0n) is 12.4. The highest BCUT2D eigenvalue weighted by Crippen LogP contribution is 2.21. The first kappa shape index (κ1) is 16.7. The number of aryl methyl sites for hydroxylation is 1. The summed E-state index contributed by atoms with van der Waals surface area (Å²) in [5, 5.41) is 3.97. The Kier molecular flexibility index (Phi) is 5.77. The molecule has 0 spiro atoms. The van der Waals surface area contributed by atoms with Gasteiger partial charge in [-0.25, -0.2) is 4.98 Å². The summed E-state index contributed by atoms with van der Waals surface area (Å²) < 4.78 is 0. The van der Waals surface area contributed by atoms with Crippen LogP contribution in [0, 0.1) is 6.92 Å². The van der Waals surface area contributed by atoms with Gasteiger partial charge in [-0.2, -0.15) is 0 Å². The lowest BCUT2D eigenvalue weighted by molar-refractivity contribution is -0.117. The van der Waals surface area contributed by atoms with Crippen LogP contribution < -0.4 is 5.32 Å². The second-order valence-electron chi connectivity index (χ2n) is 5.12. The van der Waals surface area contributed by atoms with E-state index in [4.69, 9.17) is 23.2 Å². The van der Waals surface area contributed by atoms with Crippen molar-refractivity contribution in [3.05, 3.63) is 57.7 Å². The van der Waals surface area contributed by atoms with Crippen LogP contribution in [0.25, 0.3) is 0 Å². The first-order valence-corrected chi connectivity index (χ1v) is 7.55. The molecule has 0 radical (unpaired) electrons. The van der Waals surface area contributed by atoms with Gasteiger partial charge >= 0.3 is 0 Å². The third kappa shape index (κ3) is 4.98. The smallest absolute Gasteiger partial charge is 0.239 e. The van der Waals surface area contributed by atoms with E-state index >= 15 is 0 Å². The molecule has 4 nitrogen and oxygen atoms in total. The highest BCUT2D eigenvalue weighted by molar-refractivity contribution is 6.35. The number of aromatic nitrogens is 1. The predicted octanol–water partition coefficient (Wildman–Crippen LogP) is 3.77. The van der Waals surface area contributed by atoms with Crippen LogP contribution in [0.3, 0.4) is 0 Å². The molecule has 1 aromatic heterocycles.